The SMILES string of the molecule is COc1cnc2c(-c3nc4c(F)cc5c(c4s3)OC[C@@H](CN(C(=O)O)c3ccnc(C)c3)O5)cc(CO)cc2n1. The second kappa shape index (κ2) is 10.2. The third-order valence-electron chi connectivity index (χ3n) is 6.36. The van der Waals surface area contributed by atoms with Crippen molar-refractivity contribution >= 4 is 44.4 Å². The third kappa shape index (κ3) is 4.58. The molecule has 1 aliphatic rings. The highest BCUT2D eigenvalue weighted by atomic mass is 32.1. The molecule has 0 fully saturated rings. The minimum Gasteiger partial charge on any atom is -0.484 e. The number of pyridine rings is 1. The van der Waals surface area contributed by atoms with Crippen LogP contribution in [0.15, 0.2) is 42.7 Å². The van der Waals surface area contributed by atoms with E-state index in [4.69, 9.17) is 14.2 Å². The van der Waals surface area contributed by atoms with E-state index in [-0.39, 0.29) is 31.0 Å². The molecule has 11 nitrogen and oxygen atoms in total. The van der Waals surface area contributed by atoms with E-state index in [1.165, 1.54) is 36.9 Å². The number of rotatable bonds is 6. The smallest absolute Gasteiger partial charge is 0.411 e. The van der Waals surface area contributed by atoms with E-state index in [1.54, 1.807) is 31.2 Å². The van der Waals surface area contributed by atoms with E-state index in [0.717, 1.165) is 4.90 Å². The predicted molar refractivity (Wildman–Crippen MR) is 145 cm³/mol. The molecule has 1 amide bonds. The Labute approximate surface area is 230 Å². The number of benzene rings is 2. The Hall–Kier alpha value is -4.62. The largest absolute Gasteiger partial charge is 0.484 e. The molecule has 6 rings (SSSR count). The maximum atomic E-state index is 15.3. The molecule has 0 aliphatic carbocycles. The van der Waals surface area contributed by atoms with Crippen LogP contribution in [0.2, 0.25) is 0 Å². The minimum absolute atomic E-state index is 0.0338. The molecular formula is C27H22FN5O6S. The highest BCUT2D eigenvalue weighted by Gasteiger charge is 2.30. The van der Waals surface area contributed by atoms with E-state index in [0.29, 0.717) is 54.9 Å². The zero-order valence-electron chi connectivity index (χ0n) is 21.3. The van der Waals surface area contributed by atoms with Crippen LogP contribution in [0.5, 0.6) is 17.4 Å². The maximum absolute atomic E-state index is 15.3. The lowest BCUT2D eigenvalue weighted by molar-refractivity contribution is 0.0957. The predicted octanol–water partition coefficient (Wildman–Crippen LogP) is 4.57. The van der Waals surface area contributed by atoms with Gasteiger partial charge in [0.25, 0.3) is 0 Å². The number of hydrogen-bond donors (Lipinski definition) is 2. The summed E-state index contributed by atoms with van der Waals surface area (Å²) in [6.45, 7) is 1.54. The highest BCUT2D eigenvalue weighted by molar-refractivity contribution is 7.22. The normalized spacial score (nSPS) is 14.4. The summed E-state index contributed by atoms with van der Waals surface area (Å²) in [5.74, 6) is 0.189. The van der Waals surface area contributed by atoms with Crippen molar-refractivity contribution in [3.8, 4) is 28.0 Å². The number of carbonyl (C=O) groups is 1. The summed E-state index contributed by atoms with van der Waals surface area (Å²) in [7, 11) is 1.48. The van der Waals surface area contributed by atoms with Gasteiger partial charge in [-0.1, -0.05) is 0 Å². The van der Waals surface area contributed by atoms with Crippen LogP contribution in [0, 0.1) is 12.7 Å². The summed E-state index contributed by atoms with van der Waals surface area (Å²) in [6, 6.07) is 7.89. The Kier molecular flexibility index (Phi) is 6.52. The number of halogens is 1. The molecule has 0 bridgehead atoms. The number of aryl methyl sites for hydroxylation is 1. The zero-order valence-corrected chi connectivity index (χ0v) is 22.1. The molecule has 0 saturated heterocycles. The first-order chi connectivity index (χ1) is 19.3. The lowest BCUT2D eigenvalue weighted by Crippen LogP contribution is -2.43. The van der Waals surface area contributed by atoms with Crippen LogP contribution in [0.1, 0.15) is 11.3 Å². The van der Waals surface area contributed by atoms with Gasteiger partial charge in [-0.05, 0) is 36.8 Å². The van der Waals surface area contributed by atoms with Gasteiger partial charge in [0.05, 0.1) is 43.2 Å². The molecule has 4 heterocycles. The average molecular weight is 564 g/mol. The summed E-state index contributed by atoms with van der Waals surface area (Å²) >= 11 is 1.19. The van der Waals surface area contributed by atoms with Crippen molar-refractivity contribution in [2.24, 2.45) is 0 Å². The molecule has 5 aromatic rings. The van der Waals surface area contributed by atoms with Gasteiger partial charge >= 0.3 is 6.09 Å². The number of methoxy groups -OCH3 is 1. The molecule has 1 atom stereocenters. The van der Waals surface area contributed by atoms with Crippen molar-refractivity contribution < 1.29 is 33.6 Å². The Balaban J connectivity index is 1.36. The van der Waals surface area contributed by atoms with E-state index >= 15 is 4.39 Å². The van der Waals surface area contributed by atoms with Crippen LogP contribution < -0.4 is 19.1 Å². The summed E-state index contributed by atoms with van der Waals surface area (Å²) < 4.78 is 33.0. The summed E-state index contributed by atoms with van der Waals surface area (Å²) in [5.41, 5.74) is 3.39. The van der Waals surface area contributed by atoms with Gasteiger partial charge in [-0.25, -0.2) is 24.1 Å². The number of thiazole rings is 1. The Bertz CT molecular complexity index is 1780. The van der Waals surface area contributed by atoms with Gasteiger partial charge in [-0.2, -0.15) is 0 Å². The lowest BCUT2D eigenvalue weighted by atomic mass is 10.1. The fraction of sp³-hybridized carbons (Fsp3) is 0.222. The fourth-order valence-corrected chi connectivity index (χ4v) is 5.62. The third-order valence-corrected chi connectivity index (χ3v) is 7.45. The molecular weight excluding hydrogens is 541 g/mol. The molecule has 13 heteroatoms. The number of amides is 1. The van der Waals surface area contributed by atoms with Crippen LogP contribution in [0.25, 0.3) is 31.8 Å². The zero-order chi connectivity index (χ0) is 28.0. The standard InChI is InChI=1S/C27H22FN5O6S/c1-13-5-15(3-4-29-13)33(27(35)36)10-16-12-38-24-20(39-16)8-18(28)23-25(24)40-26(32-23)17-6-14(11-34)7-19-22(17)30-9-21(31-19)37-2/h3-9,16,34H,10-12H2,1-2H3,(H,35,36)/t16-/m1/s1. The van der Waals surface area contributed by atoms with Gasteiger partial charge in [0, 0.05) is 23.5 Å². The van der Waals surface area contributed by atoms with Gasteiger partial charge in [0.2, 0.25) is 5.88 Å². The molecule has 1 aliphatic heterocycles. The number of nitrogens with zero attached hydrogens (tertiary/aromatic N) is 5. The highest BCUT2D eigenvalue weighted by Crippen LogP contribution is 2.46. The molecule has 0 radical (unpaired) electrons. The van der Waals surface area contributed by atoms with Crippen molar-refractivity contribution in [3.63, 3.8) is 0 Å². The monoisotopic (exact) mass is 563 g/mol. The number of fused-ring (bicyclic) bond motifs is 4. The Morgan fingerprint density at radius 1 is 1.23 bits per heavy atom. The molecule has 204 valence electrons. The van der Waals surface area contributed by atoms with E-state index in [1.807, 2.05) is 0 Å². The van der Waals surface area contributed by atoms with Gasteiger partial charge < -0.3 is 24.4 Å². The van der Waals surface area contributed by atoms with Crippen LogP contribution in [0.4, 0.5) is 14.9 Å². The van der Waals surface area contributed by atoms with Crippen LogP contribution in [0.3, 0.4) is 0 Å². The molecule has 40 heavy (non-hydrogen) atoms. The summed E-state index contributed by atoms with van der Waals surface area (Å²) in [6.07, 6.45) is 1.16. The number of anilines is 1. The first kappa shape index (κ1) is 25.6. The minimum atomic E-state index is -1.16. The van der Waals surface area contributed by atoms with Crippen molar-refractivity contribution in [2.75, 3.05) is 25.2 Å². The van der Waals surface area contributed by atoms with Crippen LogP contribution in [-0.4, -0.2) is 62.6 Å². The number of hydrogen-bond acceptors (Lipinski definition) is 10. The first-order valence-corrected chi connectivity index (χ1v) is 13.0. The Morgan fingerprint density at radius 2 is 2.08 bits per heavy atom. The number of aromatic nitrogens is 4. The average Bonchev–Trinajstić information content (AvgIpc) is 3.41. The quantitative estimate of drug-likeness (QED) is 0.302. The van der Waals surface area contributed by atoms with Gasteiger partial charge in [-0.3, -0.25) is 9.88 Å². The number of ether oxygens (including phenoxy) is 3. The van der Waals surface area contributed by atoms with Gasteiger partial charge in [-0.15, -0.1) is 11.3 Å². The number of aliphatic hydroxyl groups is 1. The van der Waals surface area contributed by atoms with E-state index in [9.17, 15) is 15.0 Å². The molecule has 3 aromatic heterocycles. The Morgan fingerprint density at radius 3 is 2.83 bits per heavy atom. The molecule has 0 spiro atoms. The van der Waals surface area contributed by atoms with Crippen LogP contribution >= 0.6 is 11.3 Å². The second-order valence-electron chi connectivity index (χ2n) is 9.06. The topological polar surface area (TPSA) is 140 Å². The van der Waals surface area contributed by atoms with E-state index in [2.05, 4.69) is 19.9 Å². The molecule has 2 aromatic carbocycles. The maximum Gasteiger partial charge on any atom is 0.411 e. The second-order valence-corrected chi connectivity index (χ2v) is 10.1. The van der Waals surface area contributed by atoms with Crippen molar-refractivity contribution in [2.45, 2.75) is 19.6 Å². The van der Waals surface area contributed by atoms with Gasteiger partial charge in [0.15, 0.2) is 23.4 Å². The molecule has 2 N–H and O–H groups in total. The molecule has 0 unspecified atom stereocenters. The number of carboxylic acid groups (broad SMARTS) is 1. The number of aliphatic hydroxyl groups excluding tert-OH is 1. The molecule has 0 saturated carbocycles. The van der Waals surface area contributed by atoms with Crippen molar-refractivity contribution in [3.05, 3.63) is 59.8 Å². The van der Waals surface area contributed by atoms with E-state index < -0.39 is 18.0 Å². The summed E-state index contributed by atoms with van der Waals surface area (Å²) in [4.78, 5) is 30.6. The van der Waals surface area contributed by atoms with Crippen molar-refractivity contribution in [1.82, 2.24) is 19.9 Å². The van der Waals surface area contributed by atoms with Crippen LogP contribution in [-0.2, 0) is 6.61 Å². The fourth-order valence-electron chi connectivity index (χ4n) is 4.53. The summed E-state index contributed by atoms with van der Waals surface area (Å²) in [5, 5.41) is 20.1. The van der Waals surface area contributed by atoms with Crippen molar-refractivity contribution in [1.29, 1.82) is 0 Å². The van der Waals surface area contributed by atoms with Gasteiger partial charge in [0.1, 0.15) is 21.8 Å². The lowest BCUT2D eigenvalue weighted by Gasteiger charge is -2.30. The first-order valence-electron chi connectivity index (χ1n) is 12.1.